The average molecular weight is 183 g/mol. The van der Waals surface area contributed by atoms with Crippen LogP contribution in [0.2, 0.25) is 0 Å². The van der Waals surface area contributed by atoms with Gasteiger partial charge in [0.05, 0.1) is 0 Å². The standard InChI is InChI=1S/C9H11O4/c1-4-7(10)12-9(6-3)13-8(11)5-2/h4-5,9H,1-3,6H2. The van der Waals surface area contributed by atoms with Crippen LogP contribution in [0.5, 0.6) is 0 Å². The summed E-state index contributed by atoms with van der Waals surface area (Å²) in [6.45, 7) is 9.82. The van der Waals surface area contributed by atoms with E-state index in [0.717, 1.165) is 12.2 Å². The molecule has 0 aromatic rings. The normalized spacial score (nSPS) is 9.08. The molecule has 4 nitrogen and oxygen atoms in total. The zero-order valence-electron chi connectivity index (χ0n) is 7.19. The van der Waals surface area contributed by atoms with E-state index in [9.17, 15) is 9.59 Å². The molecule has 0 saturated heterocycles. The van der Waals surface area contributed by atoms with Gasteiger partial charge in [-0.2, -0.15) is 0 Å². The van der Waals surface area contributed by atoms with Crippen molar-refractivity contribution < 1.29 is 19.1 Å². The summed E-state index contributed by atoms with van der Waals surface area (Å²) in [6.07, 6.45) is 1.12. The van der Waals surface area contributed by atoms with E-state index in [1.54, 1.807) is 0 Å². The van der Waals surface area contributed by atoms with Crippen molar-refractivity contribution >= 4 is 11.9 Å². The Hall–Kier alpha value is -1.58. The van der Waals surface area contributed by atoms with Crippen LogP contribution in [0.1, 0.15) is 6.42 Å². The van der Waals surface area contributed by atoms with Gasteiger partial charge in [-0.15, -0.1) is 0 Å². The van der Waals surface area contributed by atoms with E-state index in [1.165, 1.54) is 0 Å². The molecule has 0 spiro atoms. The van der Waals surface area contributed by atoms with E-state index in [4.69, 9.17) is 0 Å². The first kappa shape index (κ1) is 11.4. The van der Waals surface area contributed by atoms with Gasteiger partial charge in [0, 0.05) is 18.6 Å². The van der Waals surface area contributed by atoms with E-state index in [1.807, 2.05) is 0 Å². The predicted octanol–water partition coefficient (Wildman–Crippen LogP) is 0.995. The number of rotatable bonds is 5. The third-order valence-corrected chi connectivity index (χ3v) is 1.06. The van der Waals surface area contributed by atoms with Gasteiger partial charge in [0.2, 0.25) is 6.29 Å². The number of hydrogen-bond donors (Lipinski definition) is 0. The maximum atomic E-state index is 10.7. The smallest absolute Gasteiger partial charge is 0.333 e. The zero-order chi connectivity index (χ0) is 10.3. The molecule has 0 aliphatic rings. The van der Waals surface area contributed by atoms with E-state index in [-0.39, 0.29) is 6.42 Å². The van der Waals surface area contributed by atoms with E-state index < -0.39 is 18.2 Å². The van der Waals surface area contributed by atoms with Crippen LogP contribution in [-0.2, 0) is 19.1 Å². The summed E-state index contributed by atoms with van der Waals surface area (Å²) < 4.78 is 9.22. The first-order chi connectivity index (χ1) is 6.13. The molecule has 4 heteroatoms. The molecule has 0 aromatic heterocycles. The first-order valence-electron chi connectivity index (χ1n) is 3.59. The maximum absolute atomic E-state index is 10.7. The Bertz CT molecular complexity index is 198. The Balaban J connectivity index is 4.02. The third kappa shape index (κ3) is 4.79. The van der Waals surface area contributed by atoms with Gasteiger partial charge in [0.25, 0.3) is 0 Å². The van der Waals surface area contributed by atoms with Gasteiger partial charge in [0.1, 0.15) is 0 Å². The molecular weight excluding hydrogens is 172 g/mol. The Kier molecular flexibility index (Phi) is 5.27. The fourth-order valence-corrected chi connectivity index (χ4v) is 0.497. The third-order valence-electron chi connectivity index (χ3n) is 1.06. The summed E-state index contributed by atoms with van der Waals surface area (Å²) in [4.78, 5) is 21.3. The van der Waals surface area contributed by atoms with Crippen LogP contribution in [0.15, 0.2) is 25.3 Å². The van der Waals surface area contributed by atoms with Gasteiger partial charge in [0.15, 0.2) is 0 Å². The fourth-order valence-electron chi connectivity index (χ4n) is 0.497. The Morgan fingerprint density at radius 1 is 1.15 bits per heavy atom. The SMILES string of the molecule is [CH2]CC(OC(=O)C=C)OC(=O)C=C. The minimum atomic E-state index is -0.976. The summed E-state index contributed by atoms with van der Waals surface area (Å²) in [6, 6.07) is 0. The monoisotopic (exact) mass is 183 g/mol. The molecule has 0 N–H and O–H groups in total. The summed E-state index contributed by atoms with van der Waals surface area (Å²) in [7, 11) is 0. The van der Waals surface area contributed by atoms with Crippen molar-refractivity contribution in [3.05, 3.63) is 32.2 Å². The lowest BCUT2D eigenvalue weighted by Crippen LogP contribution is -2.22. The molecule has 71 valence electrons. The van der Waals surface area contributed by atoms with Gasteiger partial charge < -0.3 is 9.47 Å². The molecule has 0 heterocycles. The molecule has 0 unspecified atom stereocenters. The summed E-state index contributed by atoms with van der Waals surface area (Å²) >= 11 is 0. The molecule has 0 atom stereocenters. The molecule has 0 fully saturated rings. The molecule has 0 aliphatic carbocycles. The van der Waals surface area contributed by atoms with Crippen molar-refractivity contribution in [1.82, 2.24) is 0 Å². The molecule has 0 rings (SSSR count). The Morgan fingerprint density at radius 3 is 1.77 bits per heavy atom. The quantitative estimate of drug-likeness (QED) is 0.362. The number of carbonyl (C=O) groups is 2. The lowest BCUT2D eigenvalue weighted by molar-refractivity contribution is -0.180. The van der Waals surface area contributed by atoms with E-state index in [0.29, 0.717) is 0 Å². The fraction of sp³-hybridized carbons (Fsp3) is 0.222. The zero-order valence-corrected chi connectivity index (χ0v) is 7.19. The van der Waals surface area contributed by atoms with E-state index in [2.05, 4.69) is 29.6 Å². The minimum absolute atomic E-state index is 0.138. The lowest BCUT2D eigenvalue weighted by Gasteiger charge is -2.13. The largest absolute Gasteiger partial charge is 0.422 e. The van der Waals surface area contributed by atoms with Crippen LogP contribution in [0.3, 0.4) is 0 Å². The van der Waals surface area contributed by atoms with Crippen LogP contribution in [0.4, 0.5) is 0 Å². The first-order valence-corrected chi connectivity index (χ1v) is 3.59. The van der Waals surface area contributed by atoms with Gasteiger partial charge in [-0.1, -0.05) is 13.2 Å². The van der Waals surface area contributed by atoms with Gasteiger partial charge >= 0.3 is 11.9 Å². The van der Waals surface area contributed by atoms with Crippen LogP contribution < -0.4 is 0 Å². The molecule has 1 radical (unpaired) electrons. The summed E-state index contributed by atoms with van der Waals surface area (Å²) in [5.41, 5.74) is 0. The topological polar surface area (TPSA) is 52.6 Å². The van der Waals surface area contributed by atoms with Crippen molar-refractivity contribution in [3.8, 4) is 0 Å². The van der Waals surface area contributed by atoms with Crippen molar-refractivity contribution in [2.24, 2.45) is 0 Å². The molecule has 0 amide bonds. The Labute approximate surface area is 76.8 Å². The second-order valence-corrected chi connectivity index (χ2v) is 2.00. The predicted molar refractivity (Wildman–Crippen MR) is 46.3 cm³/mol. The summed E-state index contributed by atoms with van der Waals surface area (Å²) in [5, 5.41) is 0. The molecule has 0 aromatic carbocycles. The van der Waals surface area contributed by atoms with E-state index >= 15 is 0 Å². The van der Waals surface area contributed by atoms with Crippen LogP contribution in [0, 0.1) is 6.92 Å². The highest BCUT2D eigenvalue weighted by Crippen LogP contribution is 2.01. The van der Waals surface area contributed by atoms with Crippen molar-refractivity contribution in [1.29, 1.82) is 0 Å². The highest BCUT2D eigenvalue weighted by atomic mass is 16.7. The molecule has 13 heavy (non-hydrogen) atoms. The van der Waals surface area contributed by atoms with Crippen LogP contribution in [-0.4, -0.2) is 18.2 Å². The molecule has 0 bridgehead atoms. The number of ether oxygens (including phenoxy) is 2. The average Bonchev–Trinajstić information content (AvgIpc) is 2.16. The van der Waals surface area contributed by atoms with Gasteiger partial charge in [-0.05, 0) is 6.92 Å². The summed E-state index contributed by atoms with van der Waals surface area (Å²) in [5.74, 6) is -1.32. The highest BCUT2D eigenvalue weighted by Gasteiger charge is 2.13. The minimum Gasteiger partial charge on any atom is -0.422 e. The highest BCUT2D eigenvalue weighted by molar-refractivity contribution is 5.82. The van der Waals surface area contributed by atoms with Crippen molar-refractivity contribution in [2.75, 3.05) is 0 Å². The maximum Gasteiger partial charge on any atom is 0.333 e. The lowest BCUT2D eigenvalue weighted by atomic mass is 10.4. The van der Waals surface area contributed by atoms with Crippen LogP contribution in [0.25, 0.3) is 0 Å². The number of hydrogen-bond acceptors (Lipinski definition) is 4. The number of carbonyl (C=O) groups excluding carboxylic acids is 2. The second kappa shape index (κ2) is 5.99. The van der Waals surface area contributed by atoms with Crippen LogP contribution >= 0.6 is 0 Å². The molecule has 0 aliphatic heterocycles. The van der Waals surface area contributed by atoms with Crippen molar-refractivity contribution in [3.63, 3.8) is 0 Å². The van der Waals surface area contributed by atoms with Gasteiger partial charge in [-0.25, -0.2) is 9.59 Å². The van der Waals surface area contributed by atoms with Crippen molar-refractivity contribution in [2.45, 2.75) is 12.7 Å². The Morgan fingerprint density at radius 2 is 1.54 bits per heavy atom. The second-order valence-electron chi connectivity index (χ2n) is 2.00. The number of esters is 2. The van der Waals surface area contributed by atoms with Gasteiger partial charge in [-0.3, -0.25) is 0 Å². The molecule has 0 saturated carbocycles. The molecular formula is C9H11O4.